The van der Waals surface area contributed by atoms with Crippen LogP contribution in [-0.2, 0) is 0 Å². The van der Waals surface area contributed by atoms with E-state index in [0.717, 1.165) is 0 Å². The highest BCUT2D eigenvalue weighted by Gasteiger charge is 2.16. The number of carbonyl (C=O) groups excluding carboxylic acids is 3. The fraction of sp³-hybridized carbons (Fsp3) is 0. The van der Waals surface area contributed by atoms with Crippen LogP contribution in [0.4, 0.5) is 5.69 Å². The molecule has 36 heavy (non-hydrogen) atoms. The fourth-order valence-electron chi connectivity index (χ4n) is 3.10. The predicted octanol–water partition coefficient (Wildman–Crippen LogP) is 5.82. The molecule has 2 N–H and O–H groups in total. The van der Waals surface area contributed by atoms with Crippen LogP contribution in [0.5, 0.6) is 5.75 Å². The molecule has 3 aromatic carbocycles. The Hall–Kier alpha value is -4.40. The number of benzene rings is 3. The molecule has 1 aromatic heterocycles. The maximum atomic E-state index is 12.8. The topological polar surface area (TPSA) is 110 Å². The fourth-order valence-corrected chi connectivity index (χ4v) is 3.59. The molecule has 4 rings (SSSR count). The number of hydrazone groups is 1. The van der Waals surface area contributed by atoms with Gasteiger partial charge in [-0.3, -0.25) is 9.59 Å². The van der Waals surface area contributed by atoms with E-state index in [2.05, 4.69) is 15.8 Å². The SMILES string of the molecule is O=C(Oc1ccccc1/C=N\NC(=O)c1ccccc1NC(=O)c1ccc(Cl)cc1Cl)c1ccco1. The van der Waals surface area contributed by atoms with Gasteiger partial charge in [0.05, 0.1) is 34.3 Å². The Morgan fingerprint density at radius 3 is 2.42 bits per heavy atom. The molecule has 2 amide bonds. The number of nitrogens with zero attached hydrogens (tertiary/aromatic N) is 1. The van der Waals surface area contributed by atoms with Crippen molar-refractivity contribution < 1.29 is 23.5 Å². The minimum absolute atomic E-state index is 0.0496. The molecule has 0 spiro atoms. The minimum atomic E-state index is -0.671. The lowest BCUT2D eigenvalue weighted by molar-refractivity contribution is 0.0700. The molecule has 1 heterocycles. The molecular formula is C26H17Cl2N3O5. The molecule has 10 heteroatoms. The third-order valence-corrected chi connectivity index (χ3v) is 5.36. The molecule has 8 nitrogen and oxygen atoms in total. The monoisotopic (exact) mass is 521 g/mol. The summed E-state index contributed by atoms with van der Waals surface area (Å²) in [6.45, 7) is 0. The van der Waals surface area contributed by atoms with Crippen molar-refractivity contribution in [3.8, 4) is 5.75 Å². The summed E-state index contributed by atoms with van der Waals surface area (Å²) >= 11 is 12.0. The van der Waals surface area contributed by atoms with E-state index < -0.39 is 17.8 Å². The summed E-state index contributed by atoms with van der Waals surface area (Å²) in [4.78, 5) is 37.6. The zero-order valence-corrected chi connectivity index (χ0v) is 19.9. The van der Waals surface area contributed by atoms with Crippen molar-refractivity contribution in [3.63, 3.8) is 0 Å². The third-order valence-electron chi connectivity index (χ3n) is 4.81. The van der Waals surface area contributed by atoms with Gasteiger partial charge in [0.25, 0.3) is 11.8 Å². The second-order valence-corrected chi connectivity index (χ2v) is 8.07. The Balaban J connectivity index is 1.45. The van der Waals surface area contributed by atoms with Crippen LogP contribution in [0.15, 0.2) is 94.6 Å². The van der Waals surface area contributed by atoms with Crippen LogP contribution in [-0.4, -0.2) is 24.0 Å². The standard InChI is InChI=1S/C26H17Cl2N3O5/c27-17-11-12-18(20(28)14-17)24(32)30-21-8-3-2-7-19(21)25(33)31-29-15-16-6-1-4-9-22(16)36-26(34)23-10-5-13-35-23/h1-15H,(H,30,32)(H,31,33)/b29-15-. The molecule has 0 aliphatic heterocycles. The van der Waals surface area contributed by atoms with Crippen LogP contribution in [0.25, 0.3) is 0 Å². The first-order valence-electron chi connectivity index (χ1n) is 10.5. The molecule has 0 saturated carbocycles. The largest absolute Gasteiger partial charge is 0.457 e. The molecule has 180 valence electrons. The Labute approximate surface area is 215 Å². The summed E-state index contributed by atoms with van der Waals surface area (Å²) < 4.78 is 10.4. The van der Waals surface area contributed by atoms with E-state index >= 15 is 0 Å². The summed E-state index contributed by atoms with van der Waals surface area (Å²) in [5.74, 6) is -1.48. The van der Waals surface area contributed by atoms with Gasteiger partial charge in [0.1, 0.15) is 5.75 Å². The van der Waals surface area contributed by atoms with E-state index in [4.69, 9.17) is 32.4 Å². The summed E-state index contributed by atoms with van der Waals surface area (Å²) in [6.07, 6.45) is 2.70. The summed E-state index contributed by atoms with van der Waals surface area (Å²) in [6, 6.07) is 20.6. The summed E-state index contributed by atoms with van der Waals surface area (Å²) in [5.41, 5.74) is 3.48. The Bertz CT molecular complexity index is 1450. The smallest absolute Gasteiger partial charge is 0.379 e. The lowest BCUT2D eigenvalue weighted by atomic mass is 10.1. The first-order valence-corrected chi connectivity index (χ1v) is 11.2. The van der Waals surface area contributed by atoms with Gasteiger partial charge in [-0.05, 0) is 54.6 Å². The number of carbonyl (C=O) groups is 3. The number of nitrogens with one attached hydrogen (secondary N) is 2. The van der Waals surface area contributed by atoms with Gasteiger partial charge in [-0.15, -0.1) is 0 Å². The second-order valence-electron chi connectivity index (χ2n) is 7.23. The number of para-hydroxylation sites is 2. The highest BCUT2D eigenvalue weighted by atomic mass is 35.5. The zero-order valence-electron chi connectivity index (χ0n) is 18.4. The third kappa shape index (κ3) is 5.99. The van der Waals surface area contributed by atoms with Crippen LogP contribution in [0.3, 0.4) is 0 Å². The highest BCUT2D eigenvalue weighted by molar-refractivity contribution is 6.37. The maximum absolute atomic E-state index is 12.8. The van der Waals surface area contributed by atoms with Crippen molar-refractivity contribution in [1.29, 1.82) is 0 Å². The van der Waals surface area contributed by atoms with Gasteiger partial charge in [0, 0.05) is 10.6 Å². The molecule has 0 aliphatic carbocycles. The van der Waals surface area contributed by atoms with Gasteiger partial charge in [-0.1, -0.05) is 47.5 Å². The number of furan rings is 1. The van der Waals surface area contributed by atoms with Gasteiger partial charge in [0.2, 0.25) is 5.76 Å². The number of amides is 2. The number of hydrogen-bond acceptors (Lipinski definition) is 6. The number of ether oxygens (including phenoxy) is 1. The first-order chi connectivity index (χ1) is 17.4. The van der Waals surface area contributed by atoms with Crippen molar-refractivity contribution in [1.82, 2.24) is 5.43 Å². The van der Waals surface area contributed by atoms with Gasteiger partial charge in [-0.2, -0.15) is 5.10 Å². The average Bonchev–Trinajstić information content (AvgIpc) is 3.40. The normalized spacial score (nSPS) is 10.7. The molecule has 0 unspecified atom stereocenters. The molecule has 0 saturated heterocycles. The number of anilines is 1. The molecule has 0 radical (unpaired) electrons. The van der Waals surface area contributed by atoms with E-state index in [1.54, 1.807) is 54.6 Å². The number of rotatable bonds is 7. The minimum Gasteiger partial charge on any atom is -0.457 e. The maximum Gasteiger partial charge on any atom is 0.379 e. The van der Waals surface area contributed by atoms with Crippen LogP contribution in [0.2, 0.25) is 10.0 Å². The van der Waals surface area contributed by atoms with E-state index in [-0.39, 0.29) is 33.3 Å². The second kappa shape index (κ2) is 11.4. The predicted molar refractivity (Wildman–Crippen MR) is 136 cm³/mol. The lowest BCUT2D eigenvalue weighted by Crippen LogP contribution is -2.21. The number of esters is 1. The molecule has 0 atom stereocenters. The van der Waals surface area contributed by atoms with Crippen LogP contribution in [0, 0.1) is 0 Å². The lowest BCUT2D eigenvalue weighted by Gasteiger charge is -2.11. The quantitative estimate of drug-likeness (QED) is 0.138. The van der Waals surface area contributed by atoms with Gasteiger partial charge in [-0.25, -0.2) is 10.2 Å². The van der Waals surface area contributed by atoms with Gasteiger partial charge in [0.15, 0.2) is 0 Å². The highest BCUT2D eigenvalue weighted by Crippen LogP contribution is 2.23. The van der Waals surface area contributed by atoms with E-state index in [1.165, 1.54) is 36.7 Å². The number of hydrogen-bond donors (Lipinski definition) is 2. The van der Waals surface area contributed by atoms with Crippen LogP contribution < -0.4 is 15.5 Å². The van der Waals surface area contributed by atoms with Gasteiger partial charge < -0.3 is 14.5 Å². The van der Waals surface area contributed by atoms with Crippen molar-refractivity contribution >= 4 is 52.9 Å². The first kappa shape index (κ1) is 24.7. The summed E-state index contributed by atoms with van der Waals surface area (Å²) in [5, 5.41) is 7.21. The Kier molecular flexibility index (Phi) is 7.79. The Morgan fingerprint density at radius 1 is 0.861 bits per heavy atom. The van der Waals surface area contributed by atoms with Crippen LogP contribution >= 0.6 is 23.2 Å². The Morgan fingerprint density at radius 2 is 1.64 bits per heavy atom. The molecule has 0 bridgehead atoms. The van der Waals surface area contributed by atoms with Crippen molar-refractivity contribution in [2.24, 2.45) is 5.10 Å². The average molecular weight is 522 g/mol. The van der Waals surface area contributed by atoms with Crippen molar-refractivity contribution in [2.75, 3.05) is 5.32 Å². The number of halogens is 2. The van der Waals surface area contributed by atoms with Crippen LogP contribution in [0.1, 0.15) is 36.8 Å². The van der Waals surface area contributed by atoms with Crippen molar-refractivity contribution in [3.05, 3.63) is 118 Å². The van der Waals surface area contributed by atoms with E-state index in [0.29, 0.717) is 10.6 Å². The van der Waals surface area contributed by atoms with Gasteiger partial charge >= 0.3 is 5.97 Å². The van der Waals surface area contributed by atoms with E-state index in [9.17, 15) is 14.4 Å². The molecule has 4 aromatic rings. The van der Waals surface area contributed by atoms with E-state index in [1.807, 2.05) is 0 Å². The molecule has 0 fully saturated rings. The molecular weight excluding hydrogens is 505 g/mol. The molecule has 0 aliphatic rings. The summed E-state index contributed by atoms with van der Waals surface area (Å²) in [7, 11) is 0. The van der Waals surface area contributed by atoms with Crippen molar-refractivity contribution in [2.45, 2.75) is 0 Å². The zero-order chi connectivity index (χ0) is 25.5.